The van der Waals surface area contributed by atoms with Crippen LogP contribution in [0.25, 0.3) is 0 Å². The number of nitrogens with one attached hydrogen (secondary N) is 3. The van der Waals surface area contributed by atoms with Crippen LogP contribution in [0.1, 0.15) is 32.1 Å². The van der Waals surface area contributed by atoms with E-state index in [9.17, 15) is 9.59 Å². The van der Waals surface area contributed by atoms with E-state index in [-0.39, 0.29) is 11.8 Å². The van der Waals surface area contributed by atoms with Gasteiger partial charge in [0.1, 0.15) is 0 Å². The van der Waals surface area contributed by atoms with Crippen LogP contribution >= 0.6 is 11.6 Å². The molecule has 0 saturated heterocycles. The molecule has 0 bridgehead atoms. The monoisotopic (exact) mass is 368 g/mol. The maximum Gasteiger partial charge on any atom is 0.255 e. The molecule has 7 heteroatoms. The Labute approximate surface area is 155 Å². The Morgan fingerprint density at radius 3 is 2.31 bits per heavy atom. The predicted octanol–water partition coefficient (Wildman–Crippen LogP) is 4.18. The van der Waals surface area contributed by atoms with E-state index in [1.807, 2.05) is 13.8 Å². The molecule has 1 heterocycles. The number of aryl methyl sites for hydroxylation is 2. The lowest BCUT2D eigenvalue weighted by Crippen LogP contribution is -2.15. The van der Waals surface area contributed by atoms with Crippen molar-refractivity contribution < 1.29 is 9.59 Å². The molecule has 2 aromatic carbocycles. The zero-order chi connectivity index (χ0) is 18.7. The Kier molecular flexibility index (Phi) is 5.04. The molecule has 1 aromatic heterocycles. The Balaban J connectivity index is 1.74. The zero-order valence-electron chi connectivity index (χ0n) is 14.3. The first kappa shape index (κ1) is 17.7. The lowest BCUT2D eigenvalue weighted by atomic mass is 10.1. The molecular weight excluding hydrogens is 352 g/mol. The third-order valence-corrected chi connectivity index (χ3v) is 4.11. The molecule has 0 aliphatic rings. The topological polar surface area (TPSA) is 86.9 Å². The van der Waals surface area contributed by atoms with Crippen LogP contribution < -0.4 is 10.6 Å². The minimum atomic E-state index is -0.278. The molecular formula is C19H17ClN4O2. The van der Waals surface area contributed by atoms with Crippen LogP contribution in [0.5, 0.6) is 0 Å². The number of benzene rings is 2. The number of hydrogen-bond donors (Lipinski definition) is 3. The predicted molar refractivity (Wildman–Crippen MR) is 102 cm³/mol. The fourth-order valence-electron chi connectivity index (χ4n) is 2.46. The van der Waals surface area contributed by atoms with Crippen molar-refractivity contribution >= 4 is 34.8 Å². The molecule has 0 aliphatic carbocycles. The van der Waals surface area contributed by atoms with Crippen LogP contribution in [0.2, 0.25) is 5.02 Å². The van der Waals surface area contributed by atoms with Gasteiger partial charge < -0.3 is 10.6 Å². The first-order valence-electron chi connectivity index (χ1n) is 7.94. The molecule has 0 spiro atoms. The molecule has 6 nitrogen and oxygen atoms in total. The van der Waals surface area contributed by atoms with E-state index in [4.69, 9.17) is 11.6 Å². The van der Waals surface area contributed by atoms with E-state index in [2.05, 4.69) is 20.8 Å². The van der Waals surface area contributed by atoms with Crippen molar-refractivity contribution in [2.45, 2.75) is 13.8 Å². The van der Waals surface area contributed by atoms with E-state index >= 15 is 0 Å². The van der Waals surface area contributed by atoms with Crippen LogP contribution in [0.15, 0.2) is 48.5 Å². The summed E-state index contributed by atoms with van der Waals surface area (Å²) in [7, 11) is 0. The molecule has 26 heavy (non-hydrogen) atoms. The minimum absolute atomic E-state index is 0.277. The number of carbonyl (C=O) groups is 2. The van der Waals surface area contributed by atoms with Crippen LogP contribution in [0, 0.1) is 13.8 Å². The first-order valence-corrected chi connectivity index (χ1v) is 8.32. The molecule has 0 radical (unpaired) electrons. The van der Waals surface area contributed by atoms with Gasteiger partial charge in [-0.1, -0.05) is 17.7 Å². The van der Waals surface area contributed by atoms with E-state index in [0.29, 0.717) is 33.2 Å². The van der Waals surface area contributed by atoms with E-state index in [0.717, 1.165) is 5.69 Å². The quantitative estimate of drug-likeness (QED) is 0.645. The molecule has 3 rings (SSSR count). The summed E-state index contributed by atoms with van der Waals surface area (Å²) in [6.07, 6.45) is 0. The van der Waals surface area contributed by atoms with Crippen LogP contribution in [-0.2, 0) is 0 Å². The highest BCUT2D eigenvalue weighted by Gasteiger charge is 2.13. The number of H-pyrrole nitrogens is 1. The summed E-state index contributed by atoms with van der Waals surface area (Å²) >= 11 is 5.83. The van der Waals surface area contributed by atoms with E-state index in [1.165, 1.54) is 0 Å². The SMILES string of the molecule is Cc1n[nH]c(C)c1NC(=O)c1cccc(NC(=O)c2ccc(Cl)cc2)c1. The lowest BCUT2D eigenvalue weighted by molar-refractivity contribution is 0.101. The molecule has 3 aromatic rings. The summed E-state index contributed by atoms with van der Waals surface area (Å²) in [5.41, 5.74) is 3.59. The smallest absolute Gasteiger partial charge is 0.255 e. The number of halogens is 1. The standard InChI is InChI=1S/C19H17ClN4O2/c1-11-17(12(2)24-23-11)22-19(26)14-4-3-5-16(10-14)21-18(25)13-6-8-15(20)9-7-13/h3-10H,1-2H3,(H,21,25)(H,22,26)(H,23,24). The van der Waals surface area contributed by atoms with Gasteiger partial charge in [-0.3, -0.25) is 14.7 Å². The van der Waals surface area contributed by atoms with Crippen molar-refractivity contribution in [3.63, 3.8) is 0 Å². The summed E-state index contributed by atoms with van der Waals surface area (Å²) < 4.78 is 0. The van der Waals surface area contributed by atoms with Crippen molar-refractivity contribution in [2.75, 3.05) is 10.6 Å². The number of nitrogens with zero attached hydrogens (tertiary/aromatic N) is 1. The third kappa shape index (κ3) is 3.92. The number of amides is 2. The summed E-state index contributed by atoms with van der Waals surface area (Å²) in [4.78, 5) is 24.8. The maximum absolute atomic E-state index is 12.5. The molecule has 0 fully saturated rings. The highest BCUT2D eigenvalue weighted by Crippen LogP contribution is 2.19. The maximum atomic E-state index is 12.5. The van der Waals surface area contributed by atoms with Crippen molar-refractivity contribution in [3.8, 4) is 0 Å². The number of aromatic amines is 1. The summed E-state index contributed by atoms with van der Waals surface area (Å²) in [5, 5.41) is 13.0. The number of hydrogen-bond acceptors (Lipinski definition) is 3. The van der Waals surface area contributed by atoms with Crippen LogP contribution in [-0.4, -0.2) is 22.0 Å². The van der Waals surface area contributed by atoms with Crippen molar-refractivity contribution in [3.05, 3.63) is 76.1 Å². The normalized spacial score (nSPS) is 10.4. The van der Waals surface area contributed by atoms with Crippen molar-refractivity contribution in [1.82, 2.24) is 10.2 Å². The van der Waals surface area contributed by atoms with Crippen molar-refractivity contribution in [2.24, 2.45) is 0 Å². The molecule has 3 N–H and O–H groups in total. The minimum Gasteiger partial charge on any atom is -0.322 e. The number of aromatic nitrogens is 2. The van der Waals surface area contributed by atoms with Gasteiger partial charge in [0, 0.05) is 21.8 Å². The summed E-state index contributed by atoms with van der Waals surface area (Å²) in [6.45, 7) is 3.64. The average Bonchev–Trinajstić information content (AvgIpc) is 2.94. The molecule has 0 unspecified atom stereocenters. The van der Waals surface area contributed by atoms with E-state index < -0.39 is 0 Å². The fourth-order valence-corrected chi connectivity index (χ4v) is 2.59. The number of rotatable bonds is 4. The van der Waals surface area contributed by atoms with Crippen LogP contribution in [0.4, 0.5) is 11.4 Å². The first-order chi connectivity index (χ1) is 12.4. The highest BCUT2D eigenvalue weighted by molar-refractivity contribution is 6.30. The van der Waals surface area contributed by atoms with Gasteiger partial charge in [0.15, 0.2) is 0 Å². The second-order valence-corrected chi connectivity index (χ2v) is 6.24. The molecule has 0 saturated carbocycles. The Morgan fingerprint density at radius 1 is 0.962 bits per heavy atom. The average molecular weight is 369 g/mol. The summed E-state index contributed by atoms with van der Waals surface area (Å²) in [6, 6.07) is 13.3. The Hall–Kier alpha value is -3.12. The third-order valence-electron chi connectivity index (χ3n) is 3.86. The largest absolute Gasteiger partial charge is 0.322 e. The number of carbonyl (C=O) groups excluding carboxylic acids is 2. The Morgan fingerprint density at radius 2 is 1.65 bits per heavy atom. The summed E-state index contributed by atoms with van der Waals surface area (Å²) in [5.74, 6) is -0.555. The molecule has 0 atom stereocenters. The number of anilines is 2. The molecule has 132 valence electrons. The lowest BCUT2D eigenvalue weighted by Gasteiger charge is -2.09. The van der Waals surface area contributed by atoms with Crippen LogP contribution in [0.3, 0.4) is 0 Å². The van der Waals surface area contributed by atoms with Gasteiger partial charge in [-0.15, -0.1) is 0 Å². The van der Waals surface area contributed by atoms with Gasteiger partial charge in [0.2, 0.25) is 0 Å². The van der Waals surface area contributed by atoms with Gasteiger partial charge in [-0.05, 0) is 56.3 Å². The highest BCUT2D eigenvalue weighted by atomic mass is 35.5. The molecule has 0 aliphatic heterocycles. The fraction of sp³-hybridized carbons (Fsp3) is 0.105. The van der Waals surface area contributed by atoms with Gasteiger partial charge in [-0.2, -0.15) is 5.10 Å². The van der Waals surface area contributed by atoms with Gasteiger partial charge in [0.25, 0.3) is 11.8 Å². The second-order valence-electron chi connectivity index (χ2n) is 5.80. The van der Waals surface area contributed by atoms with E-state index in [1.54, 1.807) is 48.5 Å². The van der Waals surface area contributed by atoms with Crippen molar-refractivity contribution in [1.29, 1.82) is 0 Å². The zero-order valence-corrected chi connectivity index (χ0v) is 15.0. The van der Waals surface area contributed by atoms with Gasteiger partial charge in [-0.25, -0.2) is 0 Å². The van der Waals surface area contributed by atoms with Gasteiger partial charge in [0.05, 0.1) is 17.1 Å². The molecule has 2 amide bonds. The second kappa shape index (κ2) is 7.41. The van der Waals surface area contributed by atoms with Gasteiger partial charge >= 0.3 is 0 Å². The Bertz CT molecular complexity index is 944.